The number of sulfone groups is 1. The van der Waals surface area contributed by atoms with Crippen molar-refractivity contribution in [1.29, 1.82) is 0 Å². The zero-order valence-corrected chi connectivity index (χ0v) is 16.8. The first-order valence-electron chi connectivity index (χ1n) is 7.85. The van der Waals surface area contributed by atoms with Crippen molar-refractivity contribution in [3.63, 3.8) is 0 Å². The summed E-state index contributed by atoms with van der Waals surface area (Å²) in [5.41, 5.74) is 0. The number of halogens is 1. The van der Waals surface area contributed by atoms with Crippen LogP contribution in [-0.4, -0.2) is 39.3 Å². The smallest absolute Gasteiger partial charge is 0.191 e. The Morgan fingerprint density at radius 2 is 1.96 bits per heavy atom. The summed E-state index contributed by atoms with van der Waals surface area (Å²) in [6.45, 7) is 5.53. The summed E-state index contributed by atoms with van der Waals surface area (Å²) in [7, 11) is -3.20. The molecule has 0 radical (unpaired) electrons. The molecule has 1 aromatic carbocycles. The molecule has 0 spiro atoms. The molecule has 0 heterocycles. The molecular weight excluding hydrogens is 425 g/mol. The molecule has 2 atom stereocenters. The lowest BCUT2D eigenvalue weighted by Gasteiger charge is -2.10. The van der Waals surface area contributed by atoms with Crippen LogP contribution in [0.15, 0.2) is 40.2 Å². The van der Waals surface area contributed by atoms with Crippen LogP contribution < -0.4 is 10.6 Å². The molecule has 1 saturated carbocycles. The lowest BCUT2D eigenvalue weighted by molar-refractivity contribution is 0.593. The van der Waals surface area contributed by atoms with Crippen LogP contribution in [-0.2, 0) is 9.84 Å². The van der Waals surface area contributed by atoms with Crippen molar-refractivity contribution in [1.82, 2.24) is 10.6 Å². The summed E-state index contributed by atoms with van der Waals surface area (Å²) in [5.74, 6) is 1.61. The second-order valence-electron chi connectivity index (χ2n) is 5.71. The van der Waals surface area contributed by atoms with Gasteiger partial charge in [0.15, 0.2) is 15.8 Å². The molecule has 2 rings (SSSR count). The molecule has 2 N–H and O–H groups in total. The number of hydrogen-bond donors (Lipinski definition) is 2. The molecule has 1 aliphatic rings. The number of nitrogens with one attached hydrogen (secondary N) is 2. The fourth-order valence-electron chi connectivity index (χ4n) is 2.21. The molecule has 0 bridgehead atoms. The van der Waals surface area contributed by atoms with E-state index in [9.17, 15) is 8.42 Å². The summed E-state index contributed by atoms with van der Waals surface area (Å²) in [4.78, 5) is 4.84. The van der Waals surface area contributed by atoms with Gasteiger partial charge in [0.05, 0.1) is 10.6 Å². The van der Waals surface area contributed by atoms with Crippen LogP contribution in [0.4, 0.5) is 0 Å². The summed E-state index contributed by atoms with van der Waals surface area (Å²) in [6, 6.07) is 9.09. The summed E-state index contributed by atoms with van der Waals surface area (Å²) >= 11 is 0. The van der Waals surface area contributed by atoms with Gasteiger partial charge < -0.3 is 10.6 Å². The third-order valence-electron chi connectivity index (χ3n) is 3.72. The number of benzene rings is 1. The molecule has 130 valence electrons. The van der Waals surface area contributed by atoms with Gasteiger partial charge in [-0.1, -0.05) is 25.1 Å². The van der Waals surface area contributed by atoms with Gasteiger partial charge in [-0.05, 0) is 37.8 Å². The van der Waals surface area contributed by atoms with Gasteiger partial charge in [-0.15, -0.1) is 24.0 Å². The standard InChI is InChI=1S/C16H25N3O2S.HI/c1-3-17-16(19-15-12-13(15)2)18-10-7-11-22(20,21)14-8-5-4-6-9-14;/h4-6,8-9,13,15H,3,7,10-12H2,1-2H3,(H2,17,18,19);1H. The number of guanidine groups is 1. The van der Waals surface area contributed by atoms with Crippen molar-refractivity contribution in [3.05, 3.63) is 30.3 Å². The van der Waals surface area contributed by atoms with E-state index in [-0.39, 0.29) is 29.7 Å². The van der Waals surface area contributed by atoms with Crippen LogP contribution in [0.2, 0.25) is 0 Å². The first kappa shape index (κ1) is 20.2. The van der Waals surface area contributed by atoms with Crippen LogP contribution in [0, 0.1) is 5.92 Å². The first-order valence-corrected chi connectivity index (χ1v) is 9.51. The monoisotopic (exact) mass is 451 g/mol. The third kappa shape index (κ3) is 6.66. The zero-order valence-electron chi connectivity index (χ0n) is 13.7. The molecule has 1 fully saturated rings. The van der Waals surface area contributed by atoms with Gasteiger partial charge in [-0.2, -0.15) is 0 Å². The van der Waals surface area contributed by atoms with Crippen molar-refractivity contribution in [2.24, 2.45) is 10.9 Å². The van der Waals surface area contributed by atoms with Crippen LogP contribution in [0.1, 0.15) is 26.7 Å². The van der Waals surface area contributed by atoms with Crippen LogP contribution >= 0.6 is 24.0 Å². The van der Waals surface area contributed by atoms with Crippen molar-refractivity contribution in [3.8, 4) is 0 Å². The van der Waals surface area contributed by atoms with E-state index in [1.54, 1.807) is 24.3 Å². The number of nitrogens with zero attached hydrogens (tertiary/aromatic N) is 1. The Bertz CT molecular complexity index is 605. The largest absolute Gasteiger partial charge is 0.357 e. The van der Waals surface area contributed by atoms with Gasteiger partial charge in [-0.3, -0.25) is 4.99 Å². The Kier molecular flexibility index (Phi) is 8.32. The van der Waals surface area contributed by atoms with E-state index in [0.717, 1.165) is 12.5 Å². The molecule has 23 heavy (non-hydrogen) atoms. The number of rotatable bonds is 7. The SMILES string of the molecule is CCNC(=NCCCS(=O)(=O)c1ccccc1)NC1CC1C.I. The number of aliphatic imine (C=N–C) groups is 1. The van der Waals surface area contributed by atoms with Crippen molar-refractivity contribution >= 4 is 39.8 Å². The molecule has 2 unspecified atom stereocenters. The Morgan fingerprint density at radius 1 is 1.30 bits per heavy atom. The minimum atomic E-state index is -3.20. The first-order chi connectivity index (χ1) is 10.5. The minimum Gasteiger partial charge on any atom is -0.357 e. The molecule has 0 aliphatic heterocycles. The Balaban J connectivity index is 0.00000264. The average Bonchev–Trinajstić information content (AvgIpc) is 3.20. The van der Waals surface area contributed by atoms with Crippen molar-refractivity contribution in [2.45, 2.75) is 37.6 Å². The quantitative estimate of drug-likeness (QED) is 0.289. The molecule has 1 aliphatic carbocycles. The van der Waals surface area contributed by atoms with Gasteiger partial charge in [0, 0.05) is 19.1 Å². The maximum atomic E-state index is 12.2. The van der Waals surface area contributed by atoms with Crippen molar-refractivity contribution in [2.75, 3.05) is 18.8 Å². The second-order valence-corrected chi connectivity index (χ2v) is 7.82. The summed E-state index contributed by atoms with van der Waals surface area (Å²) in [6.07, 6.45) is 1.70. The van der Waals surface area contributed by atoms with Gasteiger partial charge in [-0.25, -0.2) is 8.42 Å². The van der Waals surface area contributed by atoms with E-state index in [4.69, 9.17) is 0 Å². The van der Waals surface area contributed by atoms with Gasteiger partial charge in [0.25, 0.3) is 0 Å². The van der Waals surface area contributed by atoms with E-state index in [1.165, 1.54) is 6.42 Å². The Labute approximate surface area is 156 Å². The fraction of sp³-hybridized carbons (Fsp3) is 0.562. The molecule has 0 amide bonds. The maximum absolute atomic E-state index is 12.2. The van der Waals surface area contributed by atoms with Gasteiger partial charge in [0.1, 0.15) is 0 Å². The second kappa shape index (κ2) is 9.46. The molecule has 1 aromatic rings. The van der Waals surface area contributed by atoms with Crippen LogP contribution in [0.5, 0.6) is 0 Å². The van der Waals surface area contributed by atoms with E-state index < -0.39 is 9.84 Å². The topological polar surface area (TPSA) is 70.6 Å². The molecule has 5 nitrogen and oxygen atoms in total. The molecular formula is C16H26IN3O2S. The lowest BCUT2D eigenvalue weighted by Crippen LogP contribution is -2.39. The van der Waals surface area contributed by atoms with Crippen molar-refractivity contribution < 1.29 is 8.42 Å². The van der Waals surface area contributed by atoms with E-state index in [1.807, 2.05) is 13.0 Å². The van der Waals surface area contributed by atoms with E-state index in [0.29, 0.717) is 29.8 Å². The third-order valence-corrected chi connectivity index (χ3v) is 5.54. The van der Waals surface area contributed by atoms with Gasteiger partial charge >= 0.3 is 0 Å². The highest BCUT2D eigenvalue weighted by atomic mass is 127. The Hall–Kier alpha value is -0.830. The van der Waals surface area contributed by atoms with Crippen LogP contribution in [0.25, 0.3) is 0 Å². The minimum absolute atomic E-state index is 0. The van der Waals surface area contributed by atoms with Gasteiger partial charge in [0.2, 0.25) is 0 Å². The molecule has 7 heteroatoms. The predicted molar refractivity (Wildman–Crippen MR) is 105 cm³/mol. The molecule has 0 aromatic heterocycles. The highest BCUT2D eigenvalue weighted by molar-refractivity contribution is 14.0. The predicted octanol–water partition coefficient (Wildman–Crippen LogP) is 2.43. The normalized spacial score (nSPS) is 20.5. The highest BCUT2D eigenvalue weighted by Gasteiger charge is 2.33. The fourth-order valence-corrected chi connectivity index (χ4v) is 3.53. The lowest BCUT2D eigenvalue weighted by atomic mass is 10.4. The number of hydrogen-bond acceptors (Lipinski definition) is 3. The van der Waals surface area contributed by atoms with E-state index in [2.05, 4.69) is 22.5 Å². The summed E-state index contributed by atoms with van der Waals surface area (Å²) < 4.78 is 24.3. The summed E-state index contributed by atoms with van der Waals surface area (Å²) in [5, 5.41) is 6.55. The van der Waals surface area contributed by atoms with Crippen LogP contribution in [0.3, 0.4) is 0 Å². The average molecular weight is 451 g/mol. The molecule has 0 saturated heterocycles. The maximum Gasteiger partial charge on any atom is 0.191 e. The van der Waals surface area contributed by atoms with E-state index >= 15 is 0 Å². The zero-order chi connectivity index (χ0) is 16.0. The Morgan fingerprint density at radius 3 is 2.52 bits per heavy atom. The highest BCUT2D eigenvalue weighted by Crippen LogP contribution is 2.28.